The Morgan fingerprint density at radius 3 is 1.40 bits per heavy atom. The number of rotatable bonds is 1. The standard InChI is InChI=1S/C4H6F5N/c1-3(5,6)2(10)4(7,8)9/h2H,10H2,1H3. The number of alkyl halides is 5. The Morgan fingerprint density at radius 2 is 1.40 bits per heavy atom. The average molecular weight is 163 g/mol. The maximum absolute atomic E-state index is 11.8. The Labute approximate surface area is 54.0 Å². The molecule has 0 radical (unpaired) electrons. The van der Waals surface area contributed by atoms with Crippen molar-refractivity contribution in [2.45, 2.75) is 25.1 Å². The molecule has 0 aliphatic carbocycles. The van der Waals surface area contributed by atoms with Crippen molar-refractivity contribution in [1.82, 2.24) is 0 Å². The number of nitrogens with two attached hydrogens (primary N) is 1. The zero-order valence-corrected chi connectivity index (χ0v) is 5.04. The van der Waals surface area contributed by atoms with Crippen LogP contribution >= 0.6 is 0 Å². The van der Waals surface area contributed by atoms with Gasteiger partial charge in [-0.05, 0) is 0 Å². The van der Waals surface area contributed by atoms with Crippen molar-refractivity contribution in [3.63, 3.8) is 0 Å². The molecule has 0 aliphatic rings. The van der Waals surface area contributed by atoms with Gasteiger partial charge in [-0.15, -0.1) is 0 Å². The molecule has 1 atom stereocenters. The van der Waals surface area contributed by atoms with E-state index in [-0.39, 0.29) is 6.92 Å². The minimum absolute atomic E-state index is 0.130. The Balaban J connectivity index is 4.23. The first-order valence-corrected chi connectivity index (χ1v) is 2.36. The predicted molar refractivity (Wildman–Crippen MR) is 24.7 cm³/mol. The van der Waals surface area contributed by atoms with Crippen LogP contribution in [0.3, 0.4) is 0 Å². The van der Waals surface area contributed by atoms with Crippen LogP contribution in [-0.2, 0) is 0 Å². The van der Waals surface area contributed by atoms with E-state index in [0.29, 0.717) is 0 Å². The first kappa shape index (κ1) is 9.61. The van der Waals surface area contributed by atoms with E-state index in [1.54, 1.807) is 0 Å². The fourth-order valence-electron chi connectivity index (χ4n) is 0.287. The molecular formula is C4H6F5N. The van der Waals surface area contributed by atoms with Crippen LogP contribution < -0.4 is 5.73 Å². The van der Waals surface area contributed by atoms with Crippen molar-refractivity contribution >= 4 is 0 Å². The van der Waals surface area contributed by atoms with Gasteiger partial charge in [-0.25, -0.2) is 8.78 Å². The Bertz CT molecular complexity index is 97.8. The van der Waals surface area contributed by atoms with Gasteiger partial charge in [0.1, 0.15) is 0 Å². The second-order valence-electron chi connectivity index (χ2n) is 1.98. The normalized spacial score (nSPS) is 17.1. The van der Waals surface area contributed by atoms with Crippen molar-refractivity contribution in [1.29, 1.82) is 0 Å². The monoisotopic (exact) mass is 163 g/mol. The van der Waals surface area contributed by atoms with E-state index < -0.39 is 18.1 Å². The lowest BCUT2D eigenvalue weighted by Gasteiger charge is -2.21. The van der Waals surface area contributed by atoms with Gasteiger partial charge in [0.05, 0.1) is 0 Å². The lowest BCUT2D eigenvalue weighted by atomic mass is 10.2. The average Bonchev–Trinajstić information content (AvgIpc) is 1.59. The van der Waals surface area contributed by atoms with Crippen LogP contribution in [0.15, 0.2) is 0 Å². The third-order valence-corrected chi connectivity index (χ3v) is 0.899. The van der Waals surface area contributed by atoms with Crippen LogP contribution in [0.5, 0.6) is 0 Å². The summed E-state index contributed by atoms with van der Waals surface area (Å²) in [5.74, 6) is -3.90. The van der Waals surface area contributed by atoms with E-state index >= 15 is 0 Å². The van der Waals surface area contributed by atoms with Crippen LogP contribution in [-0.4, -0.2) is 18.1 Å². The molecule has 2 N–H and O–H groups in total. The van der Waals surface area contributed by atoms with Gasteiger partial charge in [-0.3, -0.25) is 0 Å². The largest absolute Gasteiger partial charge is 0.409 e. The maximum atomic E-state index is 11.8. The molecule has 0 heterocycles. The van der Waals surface area contributed by atoms with Crippen molar-refractivity contribution in [3.8, 4) is 0 Å². The molecule has 6 heteroatoms. The van der Waals surface area contributed by atoms with Crippen LogP contribution in [0.25, 0.3) is 0 Å². The van der Waals surface area contributed by atoms with Gasteiger partial charge in [0, 0.05) is 6.92 Å². The predicted octanol–water partition coefficient (Wildman–Crippen LogP) is 1.53. The third-order valence-electron chi connectivity index (χ3n) is 0.899. The highest BCUT2D eigenvalue weighted by molar-refractivity contribution is 4.82. The molecule has 0 aromatic heterocycles. The molecule has 0 bridgehead atoms. The molecule has 0 aromatic rings. The van der Waals surface area contributed by atoms with Gasteiger partial charge in [0.15, 0.2) is 6.04 Å². The minimum atomic E-state index is -5.03. The van der Waals surface area contributed by atoms with E-state index in [1.165, 1.54) is 0 Å². The highest BCUT2D eigenvalue weighted by Gasteiger charge is 2.50. The Hall–Kier alpha value is -0.390. The molecule has 62 valence electrons. The minimum Gasteiger partial charge on any atom is -0.315 e. The fourth-order valence-corrected chi connectivity index (χ4v) is 0.287. The quantitative estimate of drug-likeness (QED) is 0.583. The van der Waals surface area contributed by atoms with Gasteiger partial charge in [0.25, 0.3) is 5.92 Å². The Kier molecular flexibility index (Phi) is 2.24. The topological polar surface area (TPSA) is 26.0 Å². The fraction of sp³-hybridized carbons (Fsp3) is 1.00. The van der Waals surface area contributed by atoms with Crippen molar-refractivity contribution in [3.05, 3.63) is 0 Å². The van der Waals surface area contributed by atoms with Gasteiger partial charge in [0.2, 0.25) is 0 Å². The van der Waals surface area contributed by atoms with Crippen LogP contribution in [0, 0.1) is 0 Å². The van der Waals surface area contributed by atoms with Crippen LogP contribution in [0.2, 0.25) is 0 Å². The SMILES string of the molecule is CC(F)(F)C(N)C(F)(F)F. The van der Waals surface area contributed by atoms with Crippen LogP contribution in [0.4, 0.5) is 22.0 Å². The summed E-state index contributed by atoms with van der Waals surface area (Å²) in [4.78, 5) is 0. The van der Waals surface area contributed by atoms with Crippen molar-refractivity contribution in [2.75, 3.05) is 0 Å². The van der Waals surface area contributed by atoms with E-state index in [1.807, 2.05) is 0 Å². The summed E-state index contributed by atoms with van der Waals surface area (Å²) in [6, 6.07) is -3.07. The zero-order valence-electron chi connectivity index (χ0n) is 5.04. The summed E-state index contributed by atoms with van der Waals surface area (Å²) in [6.45, 7) is 0.130. The molecule has 0 rings (SSSR count). The third kappa shape index (κ3) is 2.47. The molecule has 0 fully saturated rings. The molecule has 1 unspecified atom stereocenters. The summed E-state index contributed by atoms with van der Waals surface area (Å²) >= 11 is 0. The molecular weight excluding hydrogens is 157 g/mol. The molecule has 0 saturated heterocycles. The number of hydrogen-bond donors (Lipinski definition) is 1. The van der Waals surface area contributed by atoms with E-state index in [0.717, 1.165) is 0 Å². The molecule has 0 amide bonds. The summed E-state index contributed by atoms with van der Waals surface area (Å²) in [7, 11) is 0. The smallest absolute Gasteiger partial charge is 0.315 e. The molecule has 10 heavy (non-hydrogen) atoms. The van der Waals surface area contributed by atoms with Gasteiger partial charge < -0.3 is 5.73 Å². The summed E-state index contributed by atoms with van der Waals surface area (Å²) < 4.78 is 57.6. The molecule has 0 aromatic carbocycles. The molecule has 0 saturated carbocycles. The summed E-state index contributed by atoms with van der Waals surface area (Å²) in [5.41, 5.74) is 4.15. The van der Waals surface area contributed by atoms with Crippen molar-refractivity contribution < 1.29 is 22.0 Å². The van der Waals surface area contributed by atoms with E-state index in [4.69, 9.17) is 0 Å². The van der Waals surface area contributed by atoms with Gasteiger partial charge >= 0.3 is 6.18 Å². The van der Waals surface area contributed by atoms with E-state index in [2.05, 4.69) is 5.73 Å². The second kappa shape index (κ2) is 2.34. The second-order valence-corrected chi connectivity index (χ2v) is 1.98. The Morgan fingerprint density at radius 1 is 1.10 bits per heavy atom. The van der Waals surface area contributed by atoms with Gasteiger partial charge in [-0.1, -0.05) is 0 Å². The highest BCUT2D eigenvalue weighted by Crippen LogP contribution is 2.29. The lowest BCUT2D eigenvalue weighted by molar-refractivity contribution is -0.199. The highest BCUT2D eigenvalue weighted by atomic mass is 19.4. The summed E-state index contributed by atoms with van der Waals surface area (Å²) in [6.07, 6.45) is -5.03. The van der Waals surface area contributed by atoms with Crippen LogP contribution in [0.1, 0.15) is 6.92 Å². The molecule has 1 nitrogen and oxygen atoms in total. The molecule has 0 spiro atoms. The van der Waals surface area contributed by atoms with Gasteiger partial charge in [-0.2, -0.15) is 13.2 Å². The lowest BCUT2D eigenvalue weighted by Crippen LogP contribution is -2.49. The van der Waals surface area contributed by atoms with Crippen molar-refractivity contribution in [2.24, 2.45) is 5.73 Å². The first-order chi connectivity index (χ1) is 4.15. The maximum Gasteiger partial charge on any atom is 0.409 e. The first-order valence-electron chi connectivity index (χ1n) is 2.36. The summed E-state index contributed by atoms with van der Waals surface area (Å²) in [5, 5.41) is 0. The van der Waals surface area contributed by atoms with E-state index in [9.17, 15) is 22.0 Å². The number of halogens is 5. The zero-order chi connectivity index (χ0) is 8.58. The molecule has 0 aliphatic heterocycles. The number of hydrogen-bond acceptors (Lipinski definition) is 1.